The number of carbonyl (C=O) groups excluding carboxylic acids is 1. The van der Waals surface area contributed by atoms with E-state index in [0.717, 1.165) is 40.0 Å². The molecule has 0 aliphatic carbocycles. The molecule has 0 unspecified atom stereocenters. The van der Waals surface area contributed by atoms with Crippen molar-refractivity contribution in [2.75, 3.05) is 7.11 Å². The fourth-order valence-corrected chi connectivity index (χ4v) is 4.01. The number of aromatic nitrogens is 3. The molecule has 0 spiro atoms. The molecule has 0 saturated heterocycles. The van der Waals surface area contributed by atoms with Crippen molar-refractivity contribution in [2.24, 2.45) is 0 Å². The summed E-state index contributed by atoms with van der Waals surface area (Å²) in [6, 6.07) is 15.8. The second-order valence-corrected chi connectivity index (χ2v) is 7.96. The Balaban J connectivity index is 1.69. The number of benzene rings is 2. The lowest BCUT2D eigenvalue weighted by Gasteiger charge is -2.14. The maximum Gasteiger partial charge on any atom is 0.233 e. The lowest BCUT2D eigenvalue weighted by atomic mass is 10.1. The van der Waals surface area contributed by atoms with Crippen molar-refractivity contribution >= 4 is 17.7 Å². The highest BCUT2D eigenvalue weighted by atomic mass is 32.2. The molecule has 1 heterocycles. The van der Waals surface area contributed by atoms with Gasteiger partial charge in [0.25, 0.3) is 0 Å². The van der Waals surface area contributed by atoms with Gasteiger partial charge in [-0.2, -0.15) is 0 Å². The van der Waals surface area contributed by atoms with Gasteiger partial charge >= 0.3 is 0 Å². The van der Waals surface area contributed by atoms with Crippen LogP contribution in [-0.4, -0.2) is 33.0 Å². The van der Waals surface area contributed by atoms with Gasteiger partial charge in [0, 0.05) is 24.2 Å². The van der Waals surface area contributed by atoms with Crippen LogP contribution >= 0.6 is 11.8 Å². The lowest BCUT2D eigenvalue weighted by molar-refractivity contribution is -0.120. The zero-order chi connectivity index (χ0) is 20.8. The van der Waals surface area contributed by atoms with Crippen LogP contribution in [0.2, 0.25) is 0 Å². The molecule has 0 fully saturated rings. The monoisotopic (exact) mass is 410 g/mol. The Hall–Kier alpha value is -2.80. The average molecular weight is 411 g/mol. The molecule has 0 aliphatic heterocycles. The zero-order valence-corrected chi connectivity index (χ0v) is 18.0. The second-order valence-electron chi connectivity index (χ2n) is 6.66. The van der Waals surface area contributed by atoms with Gasteiger partial charge in [0.2, 0.25) is 5.91 Å². The van der Waals surface area contributed by atoms with Gasteiger partial charge in [-0.15, -0.1) is 10.2 Å². The van der Waals surface area contributed by atoms with E-state index >= 15 is 0 Å². The molecule has 0 radical (unpaired) electrons. The number of hydrogen-bond acceptors (Lipinski definition) is 5. The van der Waals surface area contributed by atoms with Gasteiger partial charge in [-0.1, -0.05) is 54.2 Å². The fourth-order valence-electron chi connectivity index (χ4n) is 3.07. The van der Waals surface area contributed by atoms with E-state index in [-0.39, 0.29) is 11.2 Å². The standard InChI is InChI=1S/C22H26N4O2S/c1-5-26-20(18-12-8-6-10-15(18)2)24-25-22(26)29-16(3)21(27)23-14-17-11-7-9-13-19(17)28-4/h6-13,16H,5,14H2,1-4H3,(H,23,27)/t16-/m0/s1. The summed E-state index contributed by atoms with van der Waals surface area (Å²) in [4.78, 5) is 12.6. The fraction of sp³-hybridized carbons (Fsp3) is 0.318. The number of para-hydroxylation sites is 1. The number of carbonyl (C=O) groups is 1. The first-order valence-corrected chi connectivity index (χ1v) is 10.5. The number of nitrogens with one attached hydrogen (secondary N) is 1. The molecule has 1 atom stereocenters. The zero-order valence-electron chi connectivity index (χ0n) is 17.2. The van der Waals surface area contributed by atoms with Crippen molar-refractivity contribution in [1.29, 1.82) is 0 Å². The topological polar surface area (TPSA) is 69.0 Å². The number of nitrogens with zero attached hydrogens (tertiary/aromatic N) is 3. The summed E-state index contributed by atoms with van der Waals surface area (Å²) >= 11 is 1.42. The molecule has 29 heavy (non-hydrogen) atoms. The van der Waals surface area contributed by atoms with Crippen molar-refractivity contribution in [3.8, 4) is 17.1 Å². The van der Waals surface area contributed by atoms with E-state index in [4.69, 9.17) is 4.74 Å². The van der Waals surface area contributed by atoms with Crippen LogP contribution in [0.1, 0.15) is 25.0 Å². The van der Waals surface area contributed by atoms with Crippen LogP contribution in [0.5, 0.6) is 5.75 Å². The van der Waals surface area contributed by atoms with E-state index in [1.165, 1.54) is 11.8 Å². The first kappa shape index (κ1) is 20.9. The Labute approximate surface area is 175 Å². The minimum atomic E-state index is -0.302. The number of amides is 1. The largest absolute Gasteiger partial charge is 0.496 e. The first-order valence-electron chi connectivity index (χ1n) is 9.60. The minimum absolute atomic E-state index is 0.0519. The highest BCUT2D eigenvalue weighted by molar-refractivity contribution is 8.00. The summed E-state index contributed by atoms with van der Waals surface area (Å²) in [5, 5.41) is 12.2. The molecule has 1 aromatic heterocycles. The van der Waals surface area contributed by atoms with E-state index in [1.54, 1.807) is 7.11 Å². The van der Waals surface area contributed by atoms with Gasteiger partial charge < -0.3 is 14.6 Å². The normalized spacial score (nSPS) is 11.9. The van der Waals surface area contributed by atoms with E-state index in [1.807, 2.05) is 49.4 Å². The van der Waals surface area contributed by atoms with Crippen LogP contribution in [0, 0.1) is 6.92 Å². The van der Waals surface area contributed by atoms with E-state index in [0.29, 0.717) is 6.54 Å². The number of aryl methyl sites for hydroxylation is 1. The van der Waals surface area contributed by atoms with Crippen LogP contribution < -0.4 is 10.1 Å². The quantitative estimate of drug-likeness (QED) is 0.567. The van der Waals surface area contributed by atoms with E-state index < -0.39 is 0 Å². The Morgan fingerprint density at radius 1 is 1.17 bits per heavy atom. The molecular formula is C22H26N4O2S. The van der Waals surface area contributed by atoms with Gasteiger partial charge in [-0.25, -0.2) is 0 Å². The summed E-state index contributed by atoms with van der Waals surface area (Å²) < 4.78 is 7.39. The predicted octanol–water partition coefficient (Wildman–Crippen LogP) is 4.08. The van der Waals surface area contributed by atoms with E-state index in [2.05, 4.69) is 40.0 Å². The third-order valence-corrected chi connectivity index (χ3v) is 5.80. The van der Waals surface area contributed by atoms with Crippen LogP contribution in [0.15, 0.2) is 53.7 Å². The number of rotatable bonds is 8. The van der Waals surface area contributed by atoms with E-state index in [9.17, 15) is 4.79 Å². The molecule has 1 N–H and O–H groups in total. The third kappa shape index (κ3) is 4.79. The first-order chi connectivity index (χ1) is 14.0. The SMILES string of the molecule is CCn1c(S[C@@H](C)C(=O)NCc2ccccc2OC)nnc1-c1ccccc1C. The van der Waals surface area contributed by atoms with Gasteiger partial charge in [-0.3, -0.25) is 4.79 Å². The second kappa shape index (κ2) is 9.60. The molecule has 2 aromatic carbocycles. The summed E-state index contributed by atoms with van der Waals surface area (Å²) in [5.74, 6) is 1.54. The Bertz CT molecular complexity index is 986. The van der Waals surface area contributed by atoms with Gasteiger partial charge in [0.1, 0.15) is 5.75 Å². The number of hydrogen-bond donors (Lipinski definition) is 1. The molecule has 7 heteroatoms. The van der Waals surface area contributed by atoms with Crippen molar-refractivity contribution in [2.45, 2.75) is 44.3 Å². The lowest BCUT2D eigenvalue weighted by Crippen LogP contribution is -2.30. The summed E-state index contributed by atoms with van der Waals surface area (Å²) in [6.45, 7) is 7.15. The molecule has 0 bridgehead atoms. The molecular weight excluding hydrogens is 384 g/mol. The maximum atomic E-state index is 12.6. The van der Waals surface area contributed by atoms with Gasteiger partial charge in [0.05, 0.1) is 12.4 Å². The van der Waals surface area contributed by atoms with Crippen LogP contribution in [0.3, 0.4) is 0 Å². The minimum Gasteiger partial charge on any atom is -0.496 e. The van der Waals surface area contributed by atoms with Crippen LogP contribution in [-0.2, 0) is 17.9 Å². The molecule has 3 rings (SSSR count). The number of thioether (sulfide) groups is 1. The molecule has 152 valence electrons. The molecule has 0 aliphatic rings. The van der Waals surface area contributed by atoms with Crippen molar-refractivity contribution < 1.29 is 9.53 Å². The smallest absolute Gasteiger partial charge is 0.233 e. The summed E-state index contributed by atoms with van der Waals surface area (Å²) in [6.07, 6.45) is 0. The van der Waals surface area contributed by atoms with Crippen molar-refractivity contribution in [3.63, 3.8) is 0 Å². The number of methoxy groups -OCH3 is 1. The highest BCUT2D eigenvalue weighted by Crippen LogP contribution is 2.28. The van der Waals surface area contributed by atoms with Gasteiger partial charge in [0.15, 0.2) is 11.0 Å². The summed E-state index contributed by atoms with van der Waals surface area (Å²) in [7, 11) is 1.63. The Kier molecular flexibility index (Phi) is 6.93. The molecule has 1 amide bonds. The molecule has 0 saturated carbocycles. The van der Waals surface area contributed by atoms with Crippen molar-refractivity contribution in [3.05, 3.63) is 59.7 Å². The van der Waals surface area contributed by atoms with Crippen molar-refractivity contribution in [1.82, 2.24) is 20.1 Å². The number of ether oxygens (including phenoxy) is 1. The predicted molar refractivity (Wildman–Crippen MR) is 116 cm³/mol. The Morgan fingerprint density at radius 3 is 2.62 bits per heavy atom. The van der Waals surface area contributed by atoms with Gasteiger partial charge in [-0.05, 0) is 32.4 Å². The Morgan fingerprint density at radius 2 is 1.90 bits per heavy atom. The summed E-state index contributed by atoms with van der Waals surface area (Å²) in [5.41, 5.74) is 3.15. The highest BCUT2D eigenvalue weighted by Gasteiger charge is 2.21. The maximum absolute atomic E-state index is 12.6. The van der Waals surface area contributed by atoms with Crippen LogP contribution in [0.4, 0.5) is 0 Å². The third-order valence-electron chi connectivity index (χ3n) is 4.72. The molecule has 6 nitrogen and oxygen atoms in total. The average Bonchev–Trinajstić information content (AvgIpc) is 3.14. The van der Waals surface area contributed by atoms with Crippen LogP contribution in [0.25, 0.3) is 11.4 Å². The molecule has 3 aromatic rings.